The van der Waals surface area contributed by atoms with Crippen LogP contribution in [0.4, 0.5) is 5.69 Å². The van der Waals surface area contributed by atoms with Gasteiger partial charge in [-0.1, -0.05) is 18.2 Å². The van der Waals surface area contributed by atoms with E-state index in [0.717, 1.165) is 11.2 Å². The normalized spacial score (nSPS) is 18.3. The van der Waals surface area contributed by atoms with Gasteiger partial charge in [0.15, 0.2) is 0 Å². The summed E-state index contributed by atoms with van der Waals surface area (Å²) in [5.41, 5.74) is 7.02. The number of allylic oxidation sites excluding steroid dienone is 1. The van der Waals surface area contributed by atoms with Crippen LogP contribution in [0, 0.1) is 13.8 Å². The second-order valence-electron chi connectivity index (χ2n) is 6.54. The lowest BCUT2D eigenvalue weighted by atomic mass is 10.0. The van der Waals surface area contributed by atoms with Crippen LogP contribution in [0.1, 0.15) is 25.0 Å². The maximum Gasteiger partial charge on any atom is 0.138 e. The molecule has 0 spiro atoms. The standard InChI is InChI=1S/C20H22N2O/c1-12-11-22(15(4)21(12)5)18-10-17-16-8-6-7-9-19(16)23-20(17)14(3)13(18)2/h6-11,15H,1-5H3/t15-/m1/s1. The van der Waals surface area contributed by atoms with E-state index in [4.69, 9.17) is 4.42 Å². The van der Waals surface area contributed by atoms with Crippen molar-refractivity contribution in [1.29, 1.82) is 0 Å². The second-order valence-corrected chi connectivity index (χ2v) is 6.54. The van der Waals surface area contributed by atoms with E-state index < -0.39 is 0 Å². The van der Waals surface area contributed by atoms with Gasteiger partial charge in [0.05, 0.1) is 0 Å². The number of hydrogen-bond acceptors (Lipinski definition) is 3. The Labute approximate surface area is 136 Å². The molecular formula is C20H22N2O. The molecule has 0 fully saturated rings. The number of aryl methyl sites for hydroxylation is 1. The van der Waals surface area contributed by atoms with E-state index in [1.807, 2.05) is 12.1 Å². The molecule has 118 valence electrons. The van der Waals surface area contributed by atoms with E-state index in [1.54, 1.807) is 0 Å². The Kier molecular flexibility index (Phi) is 2.95. The van der Waals surface area contributed by atoms with E-state index in [0.29, 0.717) is 6.17 Å². The van der Waals surface area contributed by atoms with Crippen LogP contribution in [-0.2, 0) is 0 Å². The Balaban J connectivity index is 2.01. The summed E-state index contributed by atoms with van der Waals surface area (Å²) in [4.78, 5) is 4.66. The van der Waals surface area contributed by atoms with Gasteiger partial charge in [-0.3, -0.25) is 0 Å². The minimum atomic E-state index is 0.323. The van der Waals surface area contributed by atoms with Crippen LogP contribution in [0.3, 0.4) is 0 Å². The summed E-state index contributed by atoms with van der Waals surface area (Å²) in [5.74, 6) is 0. The average Bonchev–Trinajstić information content (AvgIpc) is 3.04. The number of rotatable bonds is 1. The van der Waals surface area contributed by atoms with Gasteiger partial charge in [-0.05, 0) is 51.0 Å². The first-order chi connectivity index (χ1) is 11.0. The molecular weight excluding hydrogens is 284 g/mol. The number of para-hydroxylation sites is 1. The van der Waals surface area contributed by atoms with E-state index in [1.165, 1.54) is 33.3 Å². The van der Waals surface area contributed by atoms with Crippen LogP contribution in [0.5, 0.6) is 0 Å². The third-order valence-electron chi connectivity index (χ3n) is 5.33. The van der Waals surface area contributed by atoms with Crippen molar-refractivity contribution in [3.63, 3.8) is 0 Å². The zero-order valence-electron chi connectivity index (χ0n) is 14.3. The van der Waals surface area contributed by atoms with Gasteiger partial charge in [-0.25, -0.2) is 0 Å². The number of benzene rings is 2. The summed E-state index contributed by atoms with van der Waals surface area (Å²) >= 11 is 0. The summed E-state index contributed by atoms with van der Waals surface area (Å²) in [7, 11) is 2.14. The smallest absolute Gasteiger partial charge is 0.138 e. The summed E-state index contributed by atoms with van der Waals surface area (Å²) < 4.78 is 6.11. The Morgan fingerprint density at radius 3 is 2.43 bits per heavy atom. The highest BCUT2D eigenvalue weighted by Gasteiger charge is 2.27. The molecule has 1 aromatic heterocycles. The number of anilines is 1. The zero-order valence-corrected chi connectivity index (χ0v) is 14.3. The Morgan fingerprint density at radius 1 is 1.00 bits per heavy atom. The van der Waals surface area contributed by atoms with Crippen LogP contribution in [0.2, 0.25) is 0 Å². The third kappa shape index (κ3) is 1.89. The minimum absolute atomic E-state index is 0.323. The minimum Gasteiger partial charge on any atom is -0.456 e. The molecule has 0 aliphatic carbocycles. The molecule has 1 aliphatic heterocycles. The molecule has 0 amide bonds. The number of fused-ring (bicyclic) bond motifs is 3. The van der Waals surface area contributed by atoms with Gasteiger partial charge in [0, 0.05) is 35.4 Å². The fourth-order valence-electron chi connectivity index (χ4n) is 3.52. The fraction of sp³-hybridized carbons (Fsp3) is 0.300. The molecule has 0 N–H and O–H groups in total. The molecule has 1 atom stereocenters. The topological polar surface area (TPSA) is 19.6 Å². The molecule has 3 heteroatoms. The molecule has 2 aromatic carbocycles. The van der Waals surface area contributed by atoms with Gasteiger partial charge < -0.3 is 14.2 Å². The van der Waals surface area contributed by atoms with Gasteiger partial charge in [0.2, 0.25) is 0 Å². The number of nitrogens with zero attached hydrogens (tertiary/aromatic N) is 2. The van der Waals surface area contributed by atoms with Crippen molar-refractivity contribution in [2.45, 2.75) is 33.9 Å². The summed E-state index contributed by atoms with van der Waals surface area (Å²) in [6, 6.07) is 10.6. The van der Waals surface area contributed by atoms with Crippen molar-refractivity contribution >= 4 is 27.6 Å². The quantitative estimate of drug-likeness (QED) is 0.619. The van der Waals surface area contributed by atoms with Gasteiger partial charge in [0.1, 0.15) is 17.3 Å². The largest absolute Gasteiger partial charge is 0.456 e. The van der Waals surface area contributed by atoms with Crippen molar-refractivity contribution in [2.75, 3.05) is 11.9 Å². The van der Waals surface area contributed by atoms with E-state index in [2.05, 4.69) is 68.9 Å². The molecule has 0 radical (unpaired) electrons. The van der Waals surface area contributed by atoms with Crippen molar-refractivity contribution in [1.82, 2.24) is 4.90 Å². The van der Waals surface area contributed by atoms with Crippen LogP contribution in [0.25, 0.3) is 21.9 Å². The molecule has 0 saturated carbocycles. The van der Waals surface area contributed by atoms with Crippen LogP contribution >= 0.6 is 0 Å². The summed E-state index contributed by atoms with van der Waals surface area (Å²) in [5, 5.41) is 2.39. The summed E-state index contributed by atoms with van der Waals surface area (Å²) in [6.45, 7) is 8.74. The van der Waals surface area contributed by atoms with Crippen molar-refractivity contribution in [3.05, 3.63) is 53.4 Å². The molecule has 3 aromatic rings. The average molecular weight is 306 g/mol. The molecule has 4 rings (SSSR count). The lowest BCUT2D eigenvalue weighted by Crippen LogP contribution is -2.34. The molecule has 2 heterocycles. The molecule has 23 heavy (non-hydrogen) atoms. The first kappa shape index (κ1) is 14.2. The molecule has 1 aliphatic rings. The second kappa shape index (κ2) is 4.79. The lowest BCUT2D eigenvalue weighted by molar-refractivity contribution is 0.357. The first-order valence-corrected chi connectivity index (χ1v) is 8.10. The lowest BCUT2D eigenvalue weighted by Gasteiger charge is -2.29. The van der Waals surface area contributed by atoms with E-state index in [9.17, 15) is 0 Å². The van der Waals surface area contributed by atoms with E-state index in [-0.39, 0.29) is 0 Å². The Morgan fingerprint density at radius 2 is 1.74 bits per heavy atom. The molecule has 3 nitrogen and oxygen atoms in total. The first-order valence-electron chi connectivity index (χ1n) is 8.10. The fourth-order valence-corrected chi connectivity index (χ4v) is 3.52. The highest BCUT2D eigenvalue weighted by atomic mass is 16.3. The van der Waals surface area contributed by atoms with Gasteiger partial charge in [-0.2, -0.15) is 0 Å². The third-order valence-corrected chi connectivity index (χ3v) is 5.33. The highest BCUT2D eigenvalue weighted by Crippen LogP contribution is 2.39. The van der Waals surface area contributed by atoms with Crippen molar-refractivity contribution < 1.29 is 4.42 Å². The maximum absolute atomic E-state index is 6.11. The van der Waals surface area contributed by atoms with Crippen LogP contribution < -0.4 is 4.90 Å². The van der Waals surface area contributed by atoms with Gasteiger partial charge in [0.25, 0.3) is 0 Å². The van der Waals surface area contributed by atoms with Crippen LogP contribution in [-0.4, -0.2) is 18.1 Å². The molecule has 0 bridgehead atoms. The Bertz CT molecular complexity index is 951. The van der Waals surface area contributed by atoms with Crippen molar-refractivity contribution in [2.24, 2.45) is 0 Å². The molecule has 0 saturated heterocycles. The maximum atomic E-state index is 6.11. The van der Waals surface area contributed by atoms with Crippen molar-refractivity contribution in [3.8, 4) is 0 Å². The zero-order chi connectivity index (χ0) is 16.3. The van der Waals surface area contributed by atoms with E-state index >= 15 is 0 Å². The Hall–Kier alpha value is -2.42. The van der Waals surface area contributed by atoms with Crippen LogP contribution in [0.15, 0.2) is 46.6 Å². The predicted molar refractivity (Wildman–Crippen MR) is 96.7 cm³/mol. The van der Waals surface area contributed by atoms with Gasteiger partial charge >= 0.3 is 0 Å². The monoisotopic (exact) mass is 306 g/mol. The highest BCUT2D eigenvalue weighted by molar-refractivity contribution is 6.07. The SMILES string of the molecule is CC1=CN(c2cc3c(oc4ccccc43)c(C)c2C)[C@H](C)N1C. The summed E-state index contributed by atoms with van der Waals surface area (Å²) in [6.07, 6.45) is 2.56. The number of furan rings is 1. The number of hydrogen-bond donors (Lipinski definition) is 0. The predicted octanol–water partition coefficient (Wildman–Crippen LogP) is 5.16. The van der Waals surface area contributed by atoms with Gasteiger partial charge in [-0.15, -0.1) is 0 Å². The molecule has 0 unspecified atom stereocenters.